The van der Waals surface area contributed by atoms with Gasteiger partial charge in [-0.25, -0.2) is 18.5 Å². The van der Waals surface area contributed by atoms with Crippen molar-refractivity contribution in [1.82, 2.24) is 4.98 Å². The van der Waals surface area contributed by atoms with E-state index in [4.69, 9.17) is 5.14 Å². The summed E-state index contributed by atoms with van der Waals surface area (Å²) in [7, 11) is -3.65. The number of primary sulfonamides is 1. The van der Waals surface area contributed by atoms with Gasteiger partial charge in [-0.1, -0.05) is 0 Å². The lowest BCUT2D eigenvalue weighted by Crippen LogP contribution is -2.28. The van der Waals surface area contributed by atoms with E-state index in [0.29, 0.717) is 5.56 Å². The van der Waals surface area contributed by atoms with Crippen molar-refractivity contribution in [2.45, 2.75) is 13.3 Å². The Labute approximate surface area is 121 Å². The normalized spacial score (nSPS) is 19.0. The number of aromatic nitrogens is 1. The van der Waals surface area contributed by atoms with Crippen LogP contribution in [0.5, 0.6) is 0 Å². The summed E-state index contributed by atoms with van der Waals surface area (Å²) in [5, 5.41) is 15.7. The minimum absolute atomic E-state index is 0.0636. The molecular formula is C11H14N4O5S. The van der Waals surface area contributed by atoms with Crippen molar-refractivity contribution in [3.05, 3.63) is 27.9 Å². The van der Waals surface area contributed by atoms with Gasteiger partial charge in [0.25, 0.3) is 5.69 Å². The lowest BCUT2D eigenvalue weighted by molar-refractivity contribution is -0.385. The molecule has 2 N–H and O–H groups in total. The summed E-state index contributed by atoms with van der Waals surface area (Å²) in [5.74, 6) is -0.671. The fourth-order valence-electron chi connectivity index (χ4n) is 2.32. The van der Waals surface area contributed by atoms with Crippen LogP contribution < -0.4 is 10.0 Å². The minimum Gasteiger partial charge on any atom is -0.296 e. The molecule has 1 aliphatic rings. The van der Waals surface area contributed by atoms with E-state index in [-0.39, 0.29) is 36.1 Å². The first-order chi connectivity index (χ1) is 9.67. The lowest BCUT2D eigenvalue weighted by Gasteiger charge is -2.15. The summed E-state index contributed by atoms with van der Waals surface area (Å²) in [6.45, 7) is 1.73. The van der Waals surface area contributed by atoms with Crippen molar-refractivity contribution in [2.24, 2.45) is 11.1 Å². The first-order valence-electron chi connectivity index (χ1n) is 6.09. The fraction of sp³-hybridized carbons (Fsp3) is 0.455. The van der Waals surface area contributed by atoms with Crippen molar-refractivity contribution in [3.8, 4) is 0 Å². The minimum atomic E-state index is -3.65. The second-order valence-corrected chi connectivity index (χ2v) is 6.65. The molecule has 1 atom stereocenters. The second kappa shape index (κ2) is 5.37. The Hall–Kier alpha value is -2.07. The maximum absolute atomic E-state index is 11.9. The van der Waals surface area contributed by atoms with Gasteiger partial charge in [-0.3, -0.25) is 19.8 Å². The molecule has 1 aromatic rings. The first kappa shape index (κ1) is 15.3. The Morgan fingerprint density at radius 1 is 1.57 bits per heavy atom. The number of nitrogens with zero attached hydrogens (tertiary/aromatic N) is 3. The number of nitro groups is 1. The van der Waals surface area contributed by atoms with Crippen LogP contribution in [0.4, 0.5) is 11.5 Å². The molecule has 1 unspecified atom stereocenters. The number of sulfonamides is 1. The van der Waals surface area contributed by atoms with Crippen LogP contribution in [0.15, 0.2) is 12.3 Å². The zero-order valence-electron chi connectivity index (χ0n) is 11.2. The first-order valence-corrected chi connectivity index (χ1v) is 7.81. The van der Waals surface area contributed by atoms with Crippen LogP contribution in [0.25, 0.3) is 0 Å². The number of amides is 1. The zero-order valence-corrected chi connectivity index (χ0v) is 12.0. The highest BCUT2D eigenvalue weighted by atomic mass is 32.2. The van der Waals surface area contributed by atoms with E-state index in [1.54, 1.807) is 6.92 Å². The van der Waals surface area contributed by atoms with Crippen molar-refractivity contribution in [1.29, 1.82) is 0 Å². The van der Waals surface area contributed by atoms with Crippen LogP contribution in [0.2, 0.25) is 0 Å². The molecule has 1 amide bonds. The summed E-state index contributed by atoms with van der Waals surface area (Å²) in [6, 6.07) is 1.44. The maximum Gasteiger partial charge on any atom is 0.290 e. The highest BCUT2D eigenvalue weighted by Gasteiger charge is 2.33. The van der Waals surface area contributed by atoms with Gasteiger partial charge in [-0.05, 0) is 13.0 Å². The molecule has 10 heteroatoms. The Morgan fingerprint density at radius 3 is 2.76 bits per heavy atom. The number of carbonyl (C=O) groups is 1. The molecule has 0 spiro atoms. The molecule has 0 saturated carbocycles. The molecule has 21 heavy (non-hydrogen) atoms. The highest BCUT2D eigenvalue weighted by molar-refractivity contribution is 7.89. The van der Waals surface area contributed by atoms with E-state index in [1.807, 2.05) is 0 Å². The number of pyridine rings is 1. The van der Waals surface area contributed by atoms with Crippen LogP contribution >= 0.6 is 0 Å². The largest absolute Gasteiger partial charge is 0.296 e. The van der Waals surface area contributed by atoms with Crippen molar-refractivity contribution in [3.63, 3.8) is 0 Å². The number of nitrogens with two attached hydrogens (primary N) is 1. The molecule has 9 nitrogen and oxygen atoms in total. The molecule has 1 fully saturated rings. The Kier molecular flexibility index (Phi) is 3.92. The van der Waals surface area contributed by atoms with Crippen LogP contribution in [-0.2, 0) is 14.8 Å². The van der Waals surface area contributed by atoms with Crippen LogP contribution in [0.3, 0.4) is 0 Å². The third-order valence-corrected chi connectivity index (χ3v) is 4.15. The lowest BCUT2D eigenvalue weighted by atomic mass is 10.1. The summed E-state index contributed by atoms with van der Waals surface area (Å²) in [4.78, 5) is 27.3. The van der Waals surface area contributed by atoms with Gasteiger partial charge < -0.3 is 0 Å². The van der Waals surface area contributed by atoms with Crippen LogP contribution in [0, 0.1) is 23.0 Å². The number of carbonyl (C=O) groups excluding carboxylic acids is 1. The summed E-state index contributed by atoms with van der Waals surface area (Å²) in [5.41, 5.74) is 0.249. The molecular weight excluding hydrogens is 300 g/mol. The van der Waals surface area contributed by atoms with E-state index in [0.717, 1.165) is 6.20 Å². The SMILES string of the molecule is Cc1cc(N2CC(CS(N)(=O)=O)CC2=O)ncc1[N+](=O)[O-]. The smallest absolute Gasteiger partial charge is 0.290 e. The van der Waals surface area contributed by atoms with Gasteiger partial charge in [0.15, 0.2) is 0 Å². The van der Waals surface area contributed by atoms with Crippen molar-refractivity contribution < 1.29 is 18.1 Å². The summed E-state index contributed by atoms with van der Waals surface area (Å²) < 4.78 is 22.1. The van der Waals surface area contributed by atoms with Crippen molar-refractivity contribution >= 4 is 27.4 Å². The fourth-order valence-corrected chi connectivity index (χ4v) is 3.20. The molecule has 0 radical (unpaired) electrons. The number of hydrogen-bond acceptors (Lipinski definition) is 6. The third kappa shape index (κ3) is 3.52. The predicted octanol–water partition coefficient (Wildman–Crippen LogP) is -0.0604. The molecule has 0 aromatic carbocycles. The van der Waals surface area contributed by atoms with E-state index < -0.39 is 20.9 Å². The van der Waals surface area contributed by atoms with Gasteiger partial charge in [0.2, 0.25) is 15.9 Å². The van der Waals surface area contributed by atoms with Crippen LogP contribution in [0.1, 0.15) is 12.0 Å². The van der Waals surface area contributed by atoms with Gasteiger partial charge in [-0.2, -0.15) is 0 Å². The average Bonchev–Trinajstić information content (AvgIpc) is 2.66. The topological polar surface area (TPSA) is 136 Å². The van der Waals surface area contributed by atoms with Gasteiger partial charge in [0.1, 0.15) is 12.0 Å². The number of anilines is 1. The second-order valence-electron chi connectivity index (χ2n) is 4.99. The molecule has 1 aromatic heterocycles. The van der Waals surface area contributed by atoms with Gasteiger partial charge >= 0.3 is 0 Å². The van der Waals surface area contributed by atoms with Gasteiger partial charge in [-0.15, -0.1) is 0 Å². The van der Waals surface area contributed by atoms with Gasteiger partial charge in [0, 0.05) is 24.4 Å². The van der Waals surface area contributed by atoms with E-state index in [1.165, 1.54) is 11.0 Å². The summed E-state index contributed by atoms with van der Waals surface area (Å²) in [6.07, 6.45) is 1.15. The molecule has 0 bridgehead atoms. The molecule has 2 heterocycles. The molecule has 2 rings (SSSR count). The number of hydrogen-bond donors (Lipinski definition) is 1. The van der Waals surface area contributed by atoms with Crippen LogP contribution in [-0.4, -0.2) is 36.5 Å². The summed E-state index contributed by atoms with van der Waals surface area (Å²) >= 11 is 0. The average molecular weight is 314 g/mol. The number of aryl methyl sites for hydroxylation is 1. The molecule has 0 aliphatic carbocycles. The van der Waals surface area contributed by atoms with E-state index >= 15 is 0 Å². The number of rotatable bonds is 4. The molecule has 1 aliphatic heterocycles. The Balaban J connectivity index is 2.21. The highest BCUT2D eigenvalue weighted by Crippen LogP contribution is 2.27. The maximum atomic E-state index is 11.9. The molecule has 114 valence electrons. The standard InChI is InChI=1S/C11H14N4O5S/c1-7-2-10(13-4-9(7)15(17)18)14-5-8(3-11(14)16)6-21(12,19)20/h2,4,8H,3,5-6H2,1H3,(H2,12,19,20). The molecule has 1 saturated heterocycles. The van der Waals surface area contributed by atoms with E-state index in [9.17, 15) is 23.3 Å². The zero-order chi connectivity index (χ0) is 15.8. The third-order valence-electron chi connectivity index (χ3n) is 3.22. The predicted molar refractivity (Wildman–Crippen MR) is 74.1 cm³/mol. The van der Waals surface area contributed by atoms with Gasteiger partial charge in [0.05, 0.1) is 10.7 Å². The Bertz CT molecular complexity index is 703. The quantitative estimate of drug-likeness (QED) is 0.610. The van der Waals surface area contributed by atoms with E-state index in [2.05, 4.69) is 4.98 Å². The Morgan fingerprint density at radius 2 is 2.24 bits per heavy atom. The van der Waals surface area contributed by atoms with Crippen molar-refractivity contribution in [2.75, 3.05) is 17.2 Å². The monoisotopic (exact) mass is 314 g/mol.